The maximum Gasteiger partial charge on any atom is 0.228 e. The maximum atomic E-state index is 12.7. The van der Waals surface area contributed by atoms with Crippen LogP contribution in [0.1, 0.15) is 37.3 Å². The molecule has 1 amide bonds. The minimum Gasteiger partial charge on any atom is -0.340 e. The molecule has 4 rings (SSSR count). The number of hydrogen-bond acceptors (Lipinski definition) is 4. The topological polar surface area (TPSA) is 55.4 Å². The zero-order chi connectivity index (χ0) is 16.5. The summed E-state index contributed by atoms with van der Waals surface area (Å²) >= 11 is 1.59. The number of thiazole rings is 1. The van der Waals surface area contributed by atoms with E-state index in [0.717, 1.165) is 48.8 Å². The summed E-state index contributed by atoms with van der Waals surface area (Å²) in [5, 5.41) is 2.00. The standard InChI is InChI=1S/C17H21N5OS/c1-2-15-18-5-7-22(15)14-4-3-6-20(12-14)16(23)10-13-11-21-8-9-24-17(21)19-13/h5,7-9,11,14H,2-4,6,10,12H2,1H3. The first-order chi connectivity index (χ1) is 11.7. The van der Waals surface area contributed by atoms with Crippen molar-refractivity contribution in [3.8, 4) is 0 Å². The van der Waals surface area contributed by atoms with Gasteiger partial charge in [0.15, 0.2) is 4.96 Å². The van der Waals surface area contributed by atoms with Gasteiger partial charge >= 0.3 is 0 Å². The number of fused-ring (bicyclic) bond motifs is 1. The Bertz CT molecular complexity index is 820. The molecule has 6 nitrogen and oxygen atoms in total. The first-order valence-electron chi connectivity index (χ1n) is 8.45. The molecule has 0 aliphatic carbocycles. The van der Waals surface area contributed by atoms with Gasteiger partial charge in [-0.3, -0.25) is 9.20 Å². The summed E-state index contributed by atoms with van der Waals surface area (Å²) in [5.74, 6) is 1.27. The first-order valence-corrected chi connectivity index (χ1v) is 9.33. The zero-order valence-corrected chi connectivity index (χ0v) is 14.6. The summed E-state index contributed by atoms with van der Waals surface area (Å²) < 4.78 is 4.22. The van der Waals surface area contributed by atoms with Gasteiger partial charge in [0.1, 0.15) is 5.82 Å². The van der Waals surface area contributed by atoms with Gasteiger partial charge in [0.2, 0.25) is 5.91 Å². The summed E-state index contributed by atoms with van der Waals surface area (Å²) in [7, 11) is 0. The molecule has 1 fully saturated rings. The van der Waals surface area contributed by atoms with Crippen molar-refractivity contribution >= 4 is 22.2 Å². The lowest BCUT2D eigenvalue weighted by molar-refractivity contribution is -0.132. The van der Waals surface area contributed by atoms with E-state index in [-0.39, 0.29) is 5.91 Å². The van der Waals surface area contributed by atoms with Crippen LogP contribution in [0.4, 0.5) is 0 Å². The van der Waals surface area contributed by atoms with Crippen LogP contribution < -0.4 is 0 Å². The Morgan fingerprint density at radius 3 is 3.17 bits per heavy atom. The molecule has 1 aliphatic heterocycles. The fourth-order valence-electron chi connectivity index (χ4n) is 3.49. The number of carbonyl (C=O) groups excluding carboxylic acids is 1. The minimum absolute atomic E-state index is 0.170. The number of likely N-dealkylation sites (tertiary alicyclic amines) is 1. The van der Waals surface area contributed by atoms with E-state index >= 15 is 0 Å². The van der Waals surface area contributed by atoms with E-state index in [9.17, 15) is 4.79 Å². The normalized spacial score (nSPS) is 18.4. The van der Waals surface area contributed by atoms with Gasteiger partial charge < -0.3 is 9.47 Å². The number of aryl methyl sites for hydroxylation is 1. The van der Waals surface area contributed by atoms with Gasteiger partial charge in [-0.1, -0.05) is 6.92 Å². The van der Waals surface area contributed by atoms with Gasteiger partial charge in [0.25, 0.3) is 0 Å². The van der Waals surface area contributed by atoms with Gasteiger partial charge in [0.05, 0.1) is 18.2 Å². The molecule has 4 heterocycles. The second-order valence-electron chi connectivity index (χ2n) is 6.24. The van der Waals surface area contributed by atoms with E-state index in [2.05, 4.69) is 21.5 Å². The lowest BCUT2D eigenvalue weighted by Crippen LogP contribution is -2.41. The van der Waals surface area contributed by atoms with Crippen LogP contribution >= 0.6 is 11.3 Å². The Balaban J connectivity index is 1.45. The molecule has 0 spiro atoms. The fourth-order valence-corrected chi connectivity index (χ4v) is 4.21. The molecule has 0 radical (unpaired) electrons. The molecule has 0 aromatic carbocycles. The molecule has 1 unspecified atom stereocenters. The first kappa shape index (κ1) is 15.4. The molecule has 126 valence electrons. The predicted octanol–water partition coefficient (Wildman–Crippen LogP) is 2.56. The molecule has 1 atom stereocenters. The van der Waals surface area contributed by atoms with Crippen LogP contribution in [0.3, 0.4) is 0 Å². The van der Waals surface area contributed by atoms with Crippen molar-refractivity contribution in [3.05, 3.63) is 41.7 Å². The molecule has 3 aromatic rings. The van der Waals surface area contributed by atoms with Gasteiger partial charge in [-0.2, -0.15) is 0 Å². The zero-order valence-electron chi connectivity index (χ0n) is 13.8. The average Bonchev–Trinajstić information content (AvgIpc) is 3.30. The molecular formula is C17H21N5OS. The molecule has 1 saturated heterocycles. The largest absolute Gasteiger partial charge is 0.340 e. The van der Waals surface area contributed by atoms with E-state index in [1.807, 2.05) is 39.5 Å². The van der Waals surface area contributed by atoms with Gasteiger partial charge in [0, 0.05) is 49.7 Å². The number of aromatic nitrogens is 4. The number of piperidine rings is 1. The van der Waals surface area contributed by atoms with E-state index in [0.29, 0.717) is 12.5 Å². The third-order valence-electron chi connectivity index (χ3n) is 4.68. The number of amides is 1. The Kier molecular flexibility index (Phi) is 4.10. The number of hydrogen-bond donors (Lipinski definition) is 0. The number of nitrogens with zero attached hydrogens (tertiary/aromatic N) is 5. The molecular weight excluding hydrogens is 322 g/mol. The number of rotatable bonds is 4. The van der Waals surface area contributed by atoms with Crippen LogP contribution in [0, 0.1) is 0 Å². The van der Waals surface area contributed by atoms with E-state index in [1.165, 1.54) is 0 Å². The summed E-state index contributed by atoms with van der Waals surface area (Å²) in [6, 6.07) is 0.339. The quantitative estimate of drug-likeness (QED) is 0.731. The molecule has 1 aliphatic rings. The Morgan fingerprint density at radius 2 is 2.33 bits per heavy atom. The van der Waals surface area contributed by atoms with Crippen LogP contribution in [0.2, 0.25) is 0 Å². The Hall–Kier alpha value is -2.15. The highest BCUT2D eigenvalue weighted by Gasteiger charge is 2.26. The van der Waals surface area contributed by atoms with Crippen molar-refractivity contribution < 1.29 is 4.79 Å². The number of carbonyl (C=O) groups is 1. The molecule has 0 bridgehead atoms. The summed E-state index contributed by atoms with van der Waals surface area (Å²) in [6.45, 7) is 3.73. The van der Waals surface area contributed by atoms with Crippen LogP contribution in [0.5, 0.6) is 0 Å². The third kappa shape index (κ3) is 2.84. The van der Waals surface area contributed by atoms with E-state index < -0.39 is 0 Å². The maximum absolute atomic E-state index is 12.7. The third-order valence-corrected chi connectivity index (χ3v) is 5.45. The van der Waals surface area contributed by atoms with E-state index in [1.54, 1.807) is 11.3 Å². The van der Waals surface area contributed by atoms with Crippen LogP contribution in [0.15, 0.2) is 30.2 Å². The van der Waals surface area contributed by atoms with Crippen molar-refractivity contribution in [1.29, 1.82) is 0 Å². The SMILES string of the molecule is CCc1nccn1C1CCCN(C(=O)Cc2cn3ccsc3n2)C1. The second kappa shape index (κ2) is 6.39. The highest BCUT2D eigenvalue weighted by molar-refractivity contribution is 7.15. The molecule has 3 aromatic heterocycles. The fraction of sp³-hybridized carbons (Fsp3) is 0.471. The van der Waals surface area contributed by atoms with Crippen LogP contribution in [-0.2, 0) is 17.6 Å². The molecule has 7 heteroatoms. The average molecular weight is 343 g/mol. The highest BCUT2D eigenvalue weighted by Crippen LogP contribution is 2.23. The Morgan fingerprint density at radius 1 is 1.42 bits per heavy atom. The number of imidazole rings is 2. The highest BCUT2D eigenvalue weighted by atomic mass is 32.1. The Labute approximate surface area is 144 Å². The molecule has 0 N–H and O–H groups in total. The monoisotopic (exact) mass is 343 g/mol. The van der Waals surface area contributed by atoms with E-state index in [4.69, 9.17) is 0 Å². The van der Waals surface area contributed by atoms with Crippen molar-refractivity contribution in [2.24, 2.45) is 0 Å². The summed E-state index contributed by atoms with van der Waals surface area (Å²) in [4.78, 5) is 24.6. The predicted molar refractivity (Wildman–Crippen MR) is 93.2 cm³/mol. The van der Waals surface area contributed by atoms with Crippen molar-refractivity contribution in [3.63, 3.8) is 0 Å². The lowest BCUT2D eigenvalue weighted by Gasteiger charge is -2.34. The minimum atomic E-state index is 0.170. The van der Waals surface area contributed by atoms with Gasteiger partial charge in [-0.15, -0.1) is 11.3 Å². The molecule has 0 saturated carbocycles. The summed E-state index contributed by atoms with van der Waals surface area (Å²) in [6.07, 6.45) is 11.3. The van der Waals surface area contributed by atoms with Crippen LogP contribution in [-0.4, -0.2) is 42.8 Å². The van der Waals surface area contributed by atoms with Gasteiger partial charge in [-0.05, 0) is 12.8 Å². The smallest absolute Gasteiger partial charge is 0.228 e. The van der Waals surface area contributed by atoms with Gasteiger partial charge in [-0.25, -0.2) is 9.97 Å². The van der Waals surface area contributed by atoms with Crippen molar-refractivity contribution in [2.45, 2.75) is 38.6 Å². The lowest BCUT2D eigenvalue weighted by atomic mass is 10.0. The molecule has 24 heavy (non-hydrogen) atoms. The summed E-state index contributed by atoms with van der Waals surface area (Å²) in [5.41, 5.74) is 0.853. The second-order valence-corrected chi connectivity index (χ2v) is 7.11. The van der Waals surface area contributed by atoms with Crippen molar-refractivity contribution in [1.82, 2.24) is 23.8 Å². The van der Waals surface area contributed by atoms with Crippen LogP contribution in [0.25, 0.3) is 4.96 Å². The van der Waals surface area contributed by atoms with Crippen molar-refractivity contribution in [2.75, 3.05) is 13.1 Å².